The minimum absolute atomic E-state index is 0.178. The minimum Gasteiger partial charge on any atom is -0.396 e. The summed E-state index contributed by atoms with van der Waals surface area (Å²) < 4.78 is 40.4. The van der Waals surface area contributed by atoms with Gasteiger partial charge >= 0.3 is 0 Å². The van der Waals surface area contributed by atoms with Crippen molar-refractivity contribution >= 4 is 33.2 Å². The van der Waals surface area contributed by atoms with E-state index in [9.17, 15) is 18.0 Å². The Hall–Kier alpha value is -2.02. The highest BCUT2D eigenvalue weighted by Gasteiger charge is 2.20. The fraction of sp³-hybridized carbons (Fsp3) is 0. The molecule has 0 fully saturated rings. The lowest BCUT2D eigenvalue weighted by Gasteiger charge is -2.10. The molecule has 0 aliphatic heterocycles. The first-order valence-corrected chi connectivity index (χ1v) is 6.19. The highest BCUT2D eigenvalue weighted by Crippen LogP contribution is 2.25. The van der Waals surface area contributed by atoms with Gasteiger partial charge in [-0.3, -0.25) is 4.79 Å². The third-order valence-corrected chi connectivity index (χ3v) is 3.18. The Balaban J connectivity index is 2.36. The molecule has 0 radical (unpaired) electrons. The SMILES string of the molecule is Nc1ccc(F)c(C(=O)Nc2ccc(F)cc2Br)c1F. The summed E-state index contributed by atoms with van der Waals surface area (Å²) in [4.78, 5) is 11.9. The fourth-order valence-electron chi connectivity index (χ4n) is 1.55. The van der Waals surface area contributed by atoms with Crippen LogP contribution in [-0.4, -0.2) is 5.91 Å². The van der Waals surface area contributed by atoms with Crippen molar-refractivity contribution < 1.29 is 18.0 Å². The summed E-state index contributed by atoms with van der Waals surface area (Å²) in [5.74, 6) is -3.70. The lowest BCUT2D eigenvalue weighted by molar-refractivity contribution is 0.101. The molecule has 0 saturated carbocycles. The van der Waals surface area contributed by atoms with E-state index < -0.39 is 28.9 Å². The molecule has 3 nitrogen and oxygen atoms in total. The van der Waals surface area contributed by atoms with Gasteiger partial charge < -0.3 is 11.1 Å². The van der Waals surface area contributed by atoms with Crippen LogP contribution in [0.1, 0.15) is 10.4 Å². The predicted octanol–water partition coefficient (Wildman–Crippen LogP) is 3.70. The van der Waals surface area contributed by atoms with Crippen LogP contribution >= 0.6 is 15.9 Å². The van der Waals surface area contributed by atoms with Gasteiger partial charge in [0.25, 0.3) is 5.91 Å². The maximum Gasteiger partial charge on any atom is 0.261 e. The summed E-state index contributed by atoms with van der Waals surface area (Å²) in [5.41, 5.74) is 4.34. The van der Waals surface area contributed by atoms with Crippen LogP contribution in [-0.2, 0) is 0 Å². The van der Waals surface area contributed by atoms with E-state index in [0.29, 0.717) is 0 Å². The van der Waals surface area contributed by atoms with Crippen molar-refractivity contribution in [2.24, 2.45) is 0 Å². The van der Waals surface area contributed by atoms with Crippen molar-refractivity contribution in [1.29, 1.82) is 0 Å². The molecule has 7 heteroatoms. The summed E-state index contributed by atoms with van der Waals surface area (Å²) in [6, 6.07) is 5.40. The highest BCUT2D eigenvalue weighted by atomic mass is 79.9. The molecule has 0 atom stereocenters. The number of halogens is 4. The Morgan fingerprint density at radius 2 is 1.85 bits per heavy atom. The predicted molar refractivity (Wildman–Crippen MR) is 72.8 cm³/mol. The number of nitrogens with one attached hydrogen (secondary N) is 1. The first-order chi connectivity index (χ1) is 9.40. The monoisotopic (exact) mass is 344 g/mol. The van der Waals surface area contributed by atoms with Crippen LogP contribution in [0.5, 0.6) is 0 Å². The van der Waals surface area contributed by atoms with Crippen molar-refractivity contribution in [3.05, 3.63) is 57.8 Å². The Morgan fingerprint density at radius 1 is 1.15 bits per heavy atom. The van der Waals surface area contributed by atoms with E-state index in [1.807, 2.05) is 0 Å². The van der Waals surface area contributed by atoms with Crippen molar-refractivity contribution in [1.82, 2.24) is 0 Å². The molecule has 2 aromatic carbocycles. The van der Waals surface area contributed by atoms with Crippen LogP contribution in [0, 0.1) is 17.5 Å². The maximum atomic E-state index is 13.7. The highest BCUT2D eigenvalue weighted by molar-refractivity contribution is 9.10. The normalized spacial score (nSPS) is 10.4. The zero-order chi connectivity index (χ0) is 14.9. The van der Waals surface area contributed by atoms with Crippen molar-refractivity contribution in [2.75, 3.05) is 11.1 Å². The fourth-order valence-corrected chi connectivity index (χ4v) is 2.00. The van der Waals surface area contributed by atoms with E-state index >= 15 is 0 Å². The molecule has 3 N–H and O–H groups in total. The topological polar surface area (TPSA) is 55.1 Å². The van der Waals surface area contributed by atoms with E-state index in [2.05, 4.69) is 21.2 Å². The third-order valence-electron chi connectivity index (χ3n) is 2.53. The summed E-state index contributed by atoms with van der Waals surface area (Å²) >= 11 is 3.03. The number of rotatable bonds is 2. The molecule has 0 aliphatic rings. The van der Waals surface area contributed by atoms with Crippen LogP contribution in [0.25, 0.3) is 0 Å². The number of anilines is 2. The second-order valence-corrected chi connectivity index (χ2v) is 4.76. The van der Waals surface area contributed by atoms with Gasteiger partial charge in [-0.25, -0.2) is 13.2 Å². The van der Waals surface area contributed by atoms with Crippen molar-refractivity contribution in [3.8, 4) is 0 Å². The van der Waals surface area contributed by atoms with E-state index in [-0.39, 0.29) is 15.8 Å². The van der Waals surface area contributed by atoms with Gasteiger partial charge in [-0.1, -0.05) is 0 Å². The van der Waals surface area contributed by atoms with Crippen LogP contribution in [0.2, 0.25) is 0 Å². The second-order valence-electron chi connectivity index (χ2n) is 3.90. The number of nitrogen functional groups attached to an aromatic ring is 1. The molecule has 0 unspecified atom stereocenters. The molecule has 104 valence electrons. The van der Waals surface area contributed by atoms with Gasteiger partial charge in [0.05, 0.1) is 11.4 Å². The van der Waals surface area contributed by atoms with Crippen LogP contribution < -0.4 is 11.1 Å². The summed E-state index contributed by atoms with van der Waals surface area (Å²) in [6.07, 6.45) is 0. The Kier molecular flexibility index (Phi) is 3.99. The van der Waals surface area contributed by atoms with Gasteiger partial charge in [0.2, 0.25) is 0 Å². The Labute approximate surface area is 120 Å². The van der Waals surface area contributed by atoms with Gasteiger partial charge in [0.15, 0.2) is 5.82 Å². The molecule has 1 amide bonds. The third kappa shape index (κ3) is 2.77. The standard InChI is InChI=1S/C13H8BrF3N2O/c14-7-5-6(15)1-4-10(7)19-13(20)11-8(16)2-3-9(18)12(11)17/h1-5H,18H2,(H,19,20). The molecule has 2 rings (SSSR count). The zero-order valence-corrected chi connectivity index (χ0v) is 11.5. The summed E-state index contributed by atoms with van der Waals surface area (Å²) in [6.45, 7) is 0. The molecule has 20 heavy (non-hydrogen) atoms. The first-order valence-electron chi connectivity index (χ1n) is 5.40. The average molecular weight is 345 g/mol. The number of carbonyl (C=O) groups excluding carboxylic acids is 1. The van der Waals surface area contributed by atoms with Crippen molar-refractivity contribution in [2.45, 2.75) is 0 Å². The second kappa shape index (κ2) is 5.54. The maximum absolute atomic E-state index is 13.7. The van der Waals surface area contributed by atoms with Crippen LogP contribution in [0.3, 0.4) is 0 Å². The number of hydrogen-bond donors (Lipinski definition) is 2. The zero-order valence-electron chi connectivity index (χ0n) is 9.88. The molecule has 0 aromatic heterocycles. The molecular weight excluding hydrogens is 337 g/mol. The van der Waals surface area contributed by atoms with Crippen molar-refractivity contribution in [3.63, 3.8) is 0 Å². The number of nitrogens with two attached hydrogens (primary N) is 1. The van der Waals surface area contributed by atoms with E-state index in [1.165, 1.54) is 6.07 Å². The lowest BCUT2D eigenvalue weighted by atomic mass is 10.1. The summed E-state index contributed by atoms with van der Waals surface area (Å²) in [7, 11) is 0. The Bertz CT molecular complexity index is 692. The quantitative estimate of drug-likeness (QED) is 0.816. The lowest BCUT2D eigenvalue weighted by Crippen LogP contribution is -2.17. The molecular formula is C13H8BrF3N2O. The van der Waals surface area contributed by atoms with Crippen LogP contribution in [0.4, 0.5) is 24.5 Å². The van der Waals surface area contributed by atoms with E-state index in [1.54, 1.807) is 0 Å². The number of amides is 1. The molecule has 2 aromatic rings. The Morgan fingerprint density at radius 3 is 2.50 bits per heavy atom. The minimum atomic E-state index is -1.14. The number of benzene rings is 2. The van der Waals surface area contributed by atoms with Gasteiger partial charge in [0.1, 0.15) is 17.2 Å². The number of hydrogen-bond acceptors (Lipinski definition) is 2. The summed E-state index contributed by atoms with van der Waals surface area (Å²) in [5, 5.41) is 2.27. The molecule has 0 heterocycles. The molecule has 0 saturated heterocycles. The molecule has 0 aliphatic carbocycles. The van der Waals surface area contributed by atoms with E-state index in [0.717, 1.165) is 24.3 Å². The largest absolute Gasteiger partial charge is 0.396 e. The van der Waals surface area contributed by atoms with Gasteiger partial charge in [-0.15, -0.1) is 0 Å². The van der Waals surface area contributed by atoms with Crippen LogP contribution in [0.15, 0.2) is 34.8 Å². The number of carbonyl (C=O) groups is 1. The molecule has 0 bridgehead atoms. The van der Waals surface area contributed by atoms with Gasteiger partial charge in [-0.05, 0) is 46.3 Å². The smallest absolute Gasteiger partial charge is 0.261 e. The molecule has 0 spiro atoms. The van der Waals surface area contributed by atoms with Gasteiger partial charge in [0, 0.05) is 4.47 Å². The van der Waals surface area contributed by atoms with Gasteiger partial charge in [-0.2, -0.15) is 0 Å². The average Bonchev–Trinajstić information content (AvgIpc) is 2.38. The van der Waals surface area contributed by atoms with E-state index in [4.69, 9.17) is 5.73 Å². The first kappa shape index (κ1) is 14.4.